The van der Waals surface area contributed by atoms with Crippen molar-refractivity contribution in [3.63, 3.8) is 0 Å². The van der Waals surface area contributed by atoms with E-state index in [1.807, 2.05) is 24.3 Å². The summed E-state index contributed by atoms with van der Waals surface area (Å²) < 4.78 is 13.9. The second-order valence-electron chi connectivity index (χ2n) is 6.36. The third-order valence-corrected chi connectivity index (χ3v) is 4.58. The van der Waals surface area contributed by atoms with Gasteiger partial charge in [-0.05, 0) is 29.3 Å². The number of hydrogen-bond acceptors (Lipinski definition) is 4. The van der Waals surface area contributed by atoms with Crippen LogP contribution in [0.15, 0.2) is 53.7 Å². The van der Waals surface area contributed by atoms with E-state index in [0.717, 1.165) is 11.1 Å². The minimum atomic E-state index is -0.927. The highest BCUT2D eigenvalue weighted by atomic mass is 19.1. The summed E-state index contributed by atoms with van der Waals surface area (Å²) in [4.78, 5) is 31.6. The van der Waals surface area contributed by atoms with E-state index in [2.05, 4.69) is 15.3 Å². The van der Waals surface area contributed by atoms with Crippen LogP contribution in [-0.2, 0) is 14.4 Å². The van der Waals surface area contributed by atoms with Gasteiger partial charge in [0.15, 0.2) is 0 Å². The van der Waals surface area contributed by atoms with Gasteiger partial charge in [-0.3, -0.25) is 9.59 Å². The van der Waals surface area contributed by atoms with Crippen molar-refractivity contribution in [1.29, 1.82) is 0 Å². The third kappa shape index (κ3) is 3.97. The standard InChI is InChI=1S/C20H20FN3O3/c1-24-12-15(14-7-5-6-13(10-14)11-22-27-2)18(20(24)26)19(25)23-17-9-4-3-8-16(17)21/h3-11,15,18H,12H2,1-2H3,(H,23,25). The summed E-state index contributed by atoms with van der Waals surface area (Å²) in [6.07, 6.45) is 1.55. The van der Waals surface area contributed by atoms with E-state index in [-0.39, 0.29) is 17.5 Å². The van der Waals surface area contributed by atoms with E-state index < -0.39 is 17.6 Å². The molecule has 3 rings (SSSR count). The maximum Gasteiger partial charge on any atom is 0.237 e. The lowest BCUT2D eigenvalue weighted by molar-refractivity contribution is -0.135. The third-order valence-electron chi connectivity index (χ3n) is 4.58. The van der Waals surface area contributed by atoms with Gasteiger partial charge in [0.2, 0.25) is 11.8 Å². The number of anilines is 1. The molecule has 1 heterocycles. The van der Waals surface area contributed by atoms with E-state index in [9.17, 15) is 14.0 Å². The summed E-state index contributed by atoms with van der Waals surface area (Å²) in [7, 11) is 3.11. The van der Waals surface area contributed by atoms with Crippen LogP contribution in [0.5, 0.6) is 0 Å². The van der Waals surface area contributed by atoms with E-state index in [0.29, 0.717) is 6.54 Å². The summed E-state index contributed by atoms with van der Waals surface area (Å²) in [5, 5.41) is 6.28. The van der Waals surface area contributed by atoms with E-state index in [4.69, 9.17) is 0 Å². The number of hydrogen-bond donors (Lipinski definition) is 1. The first-order valence-electron chi connectivity index (χ1n) is 8.48. The lowest BCUT2D eigenvalue weighted by Gasteiger charge is -2.17. The average molecular weight is 369 g/mol. The number of likely N-dealkylation sites (tertiary alicyclic amines) is 1. The average Bonchev–Trinajstić information content (AvgIpc) is 2.97. The fraction of sp³-hybridized carbons (Fsp3) is 0.250. The Labute approximate surface area is 156 Å². The number of halogens is 1. The van der Waals surface area contributed by atoms with Gasteiger partial charge in [-0.1, -0.05) is 35.5 Å². The van der Waals surface area contributed by atoms with Crippen LogP contribution in [-0.4, -0.2) is 43.6 Å². The van der Waals surface area contributed by atoms with Gasteiger partial charge in [0.1, 0.15) is 18.8 Å². The number of nitrogens with zero attached hydrogens (tertiary/aromatic N) is 2. The van der Waals surface area contributed by atoms with Gasteiger partial charge in [0, 0.05) is 19.5 Å². The van der Waals surface area contributed by atoms with Crippen LogP contribution in [0.3, 0.4) is 0 Å². The fourth-order valence-electron chi connectivity index (χ4n) is 3.25. The van der Waals surface area contributed by atoms with E-state index in [1.165, 1.54) is 30.2 Å². The van der Waals surface area contributed by atoms with Crippen LogP contribution in [0.1, 0.15) is 17.0 Å². The lowest BCUT2D eigenvalue weighted by atomic mass is 9.87. The summed E-state index contributed by atoms with van der Waals surface area (Å²) >= 11 is 0. The van der Waals surface area contributed by atoms with Gasteiger partial charge >= 0.3 is 0 Å². The zero-order valence-corrected chi connectivity index (χ0v) is 15.1. The van der Waals surface area contributed by atoms with Crippen LogP contribution >= 0.6 is 0 Å². The minimum absolute atomic E-state index is 0.0598. The smallest absolute Gasteiger partial charge is 0.237 e. The van der Waals surface area contributed by atoms with Crippen LogP contribution in [0.4, 0.5) is 10.1 Å². The van der Waals surface area contributed by atoms with E-state index >= 15 is 0 Å². The zero-order valence-electron chi connectivity index (χ0n) is 15.1. The molecular formula is C20H20FN3O3. The van der Waals surface area contributed by atoms with Crippen LogP contribution in [0, 0.1) is 11.7 Å². The molecule has 1 fully saturated rings. The van der Waals surface area contributed by atoms with E-state index in [1.54, 1.807) is 19.3 Å². The highest BCUT2D eigenvalue weighted by Crippen LogP contribution is 2.34. The number of benzene rings is 2. The number of para-hydroxylation sites is 1. The molecule has 0 bridgehead atoms. The van der Waals surface area contributed by atoms with Gasteiger partial charge in [-0.2, -0.15) is 0 Å². The molecule has 0 radical (unpaired) electrons. The minimum Gasteiger partial charge on any atom is -0.399 e. The van der Waals surface area contributed by atoms with Crippen molar-refractivity contribution in [2.24, 2.45) is 11.1 Å². The number of nitrogens with one attached hydrogen (secondary N) is 1. The monoisotopic (exact) mass is 369 g/mol. The fourth-order valence-corrected chi connectivity index (χ4v) is 3.25. The molecule has 2 amide bonds. The first kappa shape index (κ1) is 18.6. The van der Waals surface area contributed by atoms with Crippen LogP contribution < -0.4 is 5.32 Å². The Balaban J connectivity index is 1.88. The molecule has 0 spiro atoms. The zero-order chi connectivity index (χ0) is 19.4. The first-order valence-corrected chi connectivity index (χ1v) is 8.48. The SMILES string of the molecule is CON=Cc1cccc(C2CN(C)C(=O)C2C(=O)Nc2ccccc2F)c1. The molecule has 2 aromatic carbocycles. The van der Waals surface area contributed by atoms with Crippen molar-refractivity contribution in [1.82, 2.24) is 4.90 Å². The molecule has 140 valence electrons. The topological polar surface area (TPSA) is 71.0 Å². The predicted molar refractivity (Wildman–Crippen MR) is 99.9 cm³/mol. The number of oxime groups is 1. The molecule has 2 unspecified atom stereocenters. The number of amides is 2. The van der Waals surface area contributed by atoms with Gasteiger partial charge in [0.05, 0.1) is 11.9 Å². The van der Waals surface area contributed by atoms with Crippen molar-refractivity contribution >= 4 is 23.7 Å². The van der Waals surface area contributed by atoms with Crippen molar-refractivity contribution in [2.45, 2.75) is 5.92 Å². The van der Waals surface area contributed by atoms with Gasteiger partial charge in [-0.15, -0.1) is 0 Å². The van der Waals surface area contributed by atoms with Crippen LogP contribution in [0.2, 0.25) is 0 Å². The number of likely N-dealkylation sites (N-methyl/N-ethyl adjacent to an activating group) is 1. The van der Waals surface area contributed by atoms with Crippen LogP contribution in [0.25, 0.3) is 0 Å². The molecule has 2 atom stereocenters. The Bertz CT molecular complexity index is 884. The Morgan fingerprint density at radius 3 is 2.81 bits per heavy atom. The van der Waals surface area contributed by atoms with Gasteiger partial charge in [0.25, 0.3) is 0 Å². The first-order chi connectivity index (χ1) is 13.0. The Hall–Kier alpha value is -3.22. The molecule has 1 saturated heterocycles. The molecule has 1 N–H and O–H groups in total. The van der Waals surface area contributed by atoms with Crippen molar-refractivity contribution in [2.75, 3.05) is 26.0 Å². The maximum atomic E-state index is 13.9. The van der Waals surface area contributed by atoms with Crippen molar-refractivity contribution in [3.05, 3.63) is 65.5 Å². The summed E-state index contributed by atoms with van der Waals surface area (Å²) in [5.74, 6) is -2.62. The number of rotatable bonds is 5. The molecule has 0 aromatic heterocycles. The Kier molecular flexibility index (Phi) is 5.49. The Morgan fingerprint density at radius 2 is 2.07 bits per heavy atom. The molecule has 0 aliphatic carbocycles. The lowest BCUT2D eigenvalue weighted by Crippen LogP contribution is -2.33. The quantitative estimate of drug-likeness (QED) is 0.500. The normalized spacial score (nSPS) is 19.5. The maximum absolute atomic E-state index is 13.9. The van der Waals surface area contributed by atoms with Crippen molar-refractivity contribution < 1.29 is 18.8 Å². The Morgan fingerprint density at radius 1 is 1.30 bits per heavy atom. The molecular weight excluding hydrogens is 349 g/mol. The predicted octanol–water partition coefficient (Wildman–Crippen LogP) is 2.62. The summed E-state index contributed by atoms with van der Waals surface area (Å²) in [5.41, 5.74) is 1.69. The molecule has 7 heteroatoms. The second kappa shape index (κ2) is 7.99. The van der Waals surface area contributed by atoms with Gasteiger partial charge < -0.3 is 15.1 Å². The van der Waals surface area contributed by atoms with Gasteiger partial charge in [-0.25, -0.2) is 4.39 Å². The second-order valence-corrected chi connectivity index (χ2v) is 6.36. The largest absolute Gasteiger partial charge is 0.399 e. The molecule has 0 saturated carbocycles. The molecule has 1 aliphatic heterocycles. The summed E-state index contributed by atoms with van der Waals surface area (Å²) in [6.45, 7) is 0.402. The summed E-state index contributed by atoms with van der Waals surface area (Å²) in [6, 6.07) is 13.3. The molecule has 27 heavy (non-hydrogen) atoms. The highest BCUT2D eigenvalue weighted by Gasteiger charge is 2.44. The number of carbonyl (C=O) groups excluding carboxylic acids is 2. The highest BCUT2D eigenvalue weighted by molar-refractivity contribution is 6.08. The van der Waals surface area contributed by atoms with Crippen molar-refractivity contribution in [3.8, 4) is 0 Å². The molecule has 2 aromatic rings. The number of carbonyl (C=O) groups is 2. The molecule has 1 aliphatic rings. The molecule has 6 nitrogen and oxygen atoms in total.